The van der Waals surface area contributed by atoms with Crippen molar-refractivity contribution in [2.45, 2.75) is 0 Å². The molecule has 34 heavy (non-hydrogen) atoms. The van der Waals surface area contributed by atoms with Gasteiger partial charge in [-0.1, -0.05) is 30.3 Å². The van der Waals surface area contributed by atoms with Gasteiger partial charge < -0.3 is 4.57 Å². The molecule has 4 aromatic heterocycles. The number of pyridine rings is 4. The van der Waals surface area contributed by atoms with E-state index in [-0.39, 0.29) is 0 Å². The first-order valence-electron chi connectivity index (χ1n) is 11.0. The predicted molar refractivity (Wildman–Crippen MR) is 136 cm³/mol. The fraction of sp³-hybridized carbons (Fsp3) is 0. The van der Waals surface area contributed by atoms with Gasteiger partial charge in [0.1, 0.15) is 0 Å². The maximum Gasteiger partial charge on any atom is 0.173 e. The molecule has 0 aliphatic carbocycles. The SMILES string of the molecule is O=P1(c2ccccc2)c2ccncc2-c2c(c3cnccc3c3ccncc23)-c2ncccc21. The molecule has 0 saturated heterocycles. The Balaban J connectivity index is 1.80. The van der Waals surface area contributed by atoms with E-state index in [1.165, 1.54) is 0 Å². The molecule has 1 aliphatic heterocycles. The number of hydrogen-bond donors (Lipinski definition) is 0. The molecule has 0 spiro atoms. The summed E-state index contributed by atoms with van der Waals surface area (Å²) in [6, 6.07) is 19.4. The molecule has 160 valence electrons. The molecule has 6 aromatic rings. The highest BCUT2D eigenvalue weighted by Gasteiger charge is 2.39. The van der Waals surface area contributed by atoms with Gasteiger partial charge in [0.15, 0.2) is 7.14 Å². The van der Waals surface area contributed by atoms with Crippen LogP contribution in [0, 0.1) is 0 Å². The molecule has 0 amide bonds. The average molecular weight is 456 g/mol. The van der Waals surface area contributed by atoms with Gasteiger partial charge in [-0.05, 0) is 41.1 Å². The van der Waals surface area contributed by atoms with Crippen LogP contribution in [0.1, 0.15) is 0 Å². The maximum absolute atomic E-state index is 15.3. The second-order valence-corrected chi connectivity index (χ2v) is 11.0. The standard InChI is InChI=1S/C28H17N4OP/c33-34(18-5-2-1-3-6-18)24-10-14-31-17-23(24)26-21-15-29-12-8-19(21)20-9-13-30-16-22(20)27(26)28-25(34)7-4-11-32-28/h1-17H. The third-order valence-electron chi connectivity index (χ3n) is 6.61. The first-order chi connectivity index (χ1) is 16.8. The molecular weight excluding hydrogens is 439 g/mol. The van der Waals surface area contributed by atoms with E-state index in [1.54, 1.807) is 24.8 Å². The summed E-state index contributed by atoms with van der Waals surface area (Å²) in [5.74, 6) is 0. The van der Waals surface area contributed by atoms with E-state index in [2.05, 4.69) is 15.0 Å². The lowest BCUT2D eigenvalue weighted by Gasteiger charge is -2.21. The largest absolute Gasteiger partial charge is 0.309 e. The Morgan fingerprint density at radius 1 is 0.559 bits per heavy atom. The van der Waals surface area contributed by atoms with Crippen molar-refractivity contribution in [1.29, 1.82) is 0 Å². The summed E-state index contributed by atoms with van der Waals surface area (Å²) in [6.45, 7) is 0. The van der Waals surface area contributed by atoms with Gasteiger partial charge in [0, 0.05) is 86.8 Å². The molecule has 5 nitrogen and oxygen atoms in total. The van der Waals surface area contributed by atoms with E-state index in [0.29, 0.717) is 5.69 Å². The molecule has 7 rings (SSSR count). The van der Waals surface area contributed by atoms with Crippen LogP contribution < -0.4 is 15.9 Å². The van der Waals surface area contributed by atoms with Crippen molar-refractivity contribution in [3.05, 3.63) is 104 Å². The van der Waals surface area contributed by atoms with Crippen molar-refractivity contribution in [2.24, 2.45) is 0 Å². The maximum atomic E-state index is 15.3. The van der Waals surface area contributed by atoms with Crippen LogP contribution in [-0.2, 0) is 4.57 Å². The van der Waals surface area contributed by atoms with Gasteiger partial charge in [0.2, 0.25) is 0 Å². The van der Waals surface area contributed by atoms with Gasteiger partial charge in [0.25, 0.3) is 0 Å². The molecular formula is C28H17N4OP. The zero-order chi connectivity index (χ0) is 22.7. The topological polar surface area (TPSA) is 68.6 Å². The second kappa shape index (κ2) is 7.14. The number of benzene rings is 2. The Kier molecular flexibility index (Phi) is 4.05. The minimum atomic E-state index is -3.27. The van der Waals surface area contributed by atoms with Gasteiger partial charge in [-0.2, -0.15) is 0 Å². The third-order valence-corrected chi connectivity index (χ3v) is 9.74. The Morgan fingerprint density at radius 3 is 2.00 bits per heavy atom. The van der Waals surface area contributed by atoms with Crippen LogP contribution in [0.2, 0.25) is 0 Å². The fourth-order valence-corrected chi connectivity index (χ4v) is 8.15. The van der Waals surface area contributed by atoms with Crippen molar-refractivity contribution in [1.82, 2.24) is 19.9 Å². The molecule has 2 aromatic carbocycles. The van der Waals surface area contributed by atoms with Crippen LogP contribution in [0.3, 0.4) is 0 Å². The van der Waals surface area contributed by atoms with Crippen LogP contribution in [0.4, 0.5) is 0 Å². The normalized spacial score (nSPS) is 16.5. The highest BCUT2D eigenvalue weighted by molar-refractivity contribution is 7.85. The highest BCUT2D eigenvalue weighted by atomic mass is 31.2. The zero-order valence-electron chi connectivity index (χ0n) is 18.0. The minimum absolute atomic E-state index is 0.713. The quantitative estimate of drug-likeness (QED) is 0.261. The first kappa shape index (κ1) is 19.3. The monoisotopic (exact) mass is 456 g/mol. The van der Waals surface area contributed by atoms with Crippen molar-refractivity contribution in [2.75, 3.05) is 0 Å². The van der Waals surface area contributed by atoms with Crippen molar-refractivity contribution < 1.29 is 4.57 Å². The Labute approximate surface area is 195 Å². The van der Waals surface area contributed by atoms with Gasteiger partial charge in [-0.3, -0.25) is 19.9 Å². The Bertz CT molecular complexity index is 1690. The van der Waals surface area contributed by atoms with Crippen LogP contribution in [0.15, 0.2) is 104 Å². The summed E-state index contributed by atoms with van der Waals surface area (Å²) in [7, 11) is -3.27. The summed E-state index contributed by atoms with van der Waals surface area (Å²) < 4.78 is 15.3. The average Bonchev–Trinajstić information content (AvgIpc) is 3.02. The number of hydrogen-bond acceptors (Lipinski definition) is 5. The van der Waals surface area contributed by atoms with E-state index in [0.717, 1.165) is 54.1 Å². The fourth-order valence-electron chi connectivity index (χ4n) is 5.20. The van der Waals surface area contributed by atoms with Gasteiger partial charge in [-0.25, -0.2) is 0 Å². The van der Waals surface area contributed by atoms with E-state index < -0.39 is 7.14 Å². The third kappa shape index (κ3) is 2.47. The Morgan fingerprint density at radius 2 is 1.24 bits per heavy atom. The summed E-state index contributed by atoms with van der Waals surface area (Å²) >= 11 is 0. The molecule has 0 saturated carbocycles. The number of nitrogens with zero attached hydrogens (tertiary/aromatic N) is 4. The zero-order valence-corrected chi connectivity index (χ0v) is 18.9. The van der Waals surface area contributed by atoms with E-state index in [1.807, 2.05) is 79.3 Å². The highest BCUT2D eigenvalue weighted by Crippen LogP contribution is 2.53. The molecule has 0 bridgehead atoms. The van der Waals surface area contributed by atoms with E-state index in [4.69, 9.17) is 4.98 Å². The summed E-state index contributed by atoms with van der Waals surface area (Å²) in [4.78, 5) is 18.2. The van der Waals surface area contributed by atoms with Gasteiger partial charge in [-0.15, -0.1) is 0 Å². The van der Waals surface area contributed by atoms with E-state index in [9.17, 15) is 0 Å². The molecule has 0 radical (unpaired) electrons. The van der Waals surface area contributed by atoms with E-state index >= 15 is 4.57 Å². The number of aromatic nitrogens is 4. The van der Waals surface area contributed by atoms with Crippen LogP contribution in [-0.4, -0.2) is 19.9 Å². The molecule has 0 fully saturated rings. The number of rotatable bonds is 1. The van der Waals surface area contributed by atoms with Crippen LogP contribution in [0.25, 0.3) is 43.9 Å². The summed E-state index contributed by atoms with van der Waals surface area (Å²) in [5.41, 5.74) is 3.42. The summed E-state index contributed by atoms with van der Waals surface area (Å²) in [6.07, 6.45) is 12.7. The lowest BCUT2D eigenvalue weighted by Crippen LogP contribution is -2.26. The van der Waals surface area contributed by atoms with Crippen molar-refractivity contribution in [3.63, 3.8) is 0 Å². The van der Waals surface area contributed by atoms with Crippen molar-refractivity contribution >= 4 is 44.6 Å². The second-order valence-electron chi connectivity index (χ2n) is 8.30. The van der Waals surface area contributed by atoms with Crippen molar-refractivity contribution in [3.8, 4) is 22.4 Å². The van der Waals surface area contributed by atoms with Crippen LogP contribution >= 0.6 is 7.14 Å². The van der Waals surface area contributed by atoms with Gasteiger partial charge >= 0.3 is 0 Å². The molecule has 1 aliphatic rings. The Hall–Kier alpha value is -4.21. The molecule has 0 N–H and O–H groups in total. The molecule has 1 unspecified atom stereocenters. The molecule has 6 heteroatoms. The lowest BCUT2D eigenvalue weighted by atomic mass is 9.88. The lowest BCUT2D eigenvalue weighted by molar-refractivity contribution is 0.592. The number of fused-ring (bicyclic) bond motifs is 10. The van der Waals surface area contributed by atoms with Gasteiger partial charge in [0.05, 0.1) is 5.69 Å². The predicted octanol–water partition coefficient (Wildman–Crippen LogP) is 4.86. The summed E-state index contributed by atoms with van der Waals surface area (Å²) in [5, 5.41) is 6.32. The molecule has 1 atom stereocenters. The first-order valence-corrected chi connectivity index (χ1v) is 12.7. The smallest absolute Gasteiger partial charge is 0.173 e. The van der Waals surface area contributed by atoms with Crippen LogP contribution in [0.5, 0.6) is 0 Å². The minimum Gasteiger partial charge on any atom is -0.309 e. The molecule has 5 heterocycles.